The van der Waals surface area contributed by atoms with E-state index in [9.17, 15) is 24.3 Å². The second-order valence-corrected chi connectivity index (χ2v) is 11.1. The number of hydrogen-bond acceptors (Lipinski definition) is 10. The highest BCUT2D eigenvalue weighted by Gasteiger charge is 2.77. The van der Waals surface area contributed by atoms with Gasteiger partial charge in [0.1, 0.15) is 29.3 Å². The molecule has 4 aliphatic rings. The van der Waals surface area contributed by atoms with Gasteiger partial charge in [0.25, 0.3) is 0 Å². The van der Waals surface area contributed by atoms with Crippen molar-refractivity contribution in [2.75, 3.05) is 6.61 Å². The molecule has 0 aromatic rings. The van der Waals surface area contributed by atoms with Gasteiger partial charge in [-0.2, -0.15) is 0 Å². The van der Waals surface area contributed by atoms with Crippen LogP contribution in [-0.2, 0) is 42.9 Å². The molecule has 0 unspecified atom stereocenters. The zero-order valence-corrected chi connectivity index (χ0v) is 22.3. The molecule has 3 aliphatic heterocycles. The molecular formula is C26H33ClO10. The van der Waals surface area contributed by atoms with E-state index < -0.39 is 88.7 Å². The predicted octanol–water partition coefficient (Wildman–Crippen LogP) is 1.99. The standard InChI is InChI=1S/C26H33ClO10/c1-12-7-8-17(33-14(3)29)24(6)18(34-15(4)30)9-10-25(11-28)20(27)22-26(37-25,13(2)23(32)36-22)21(19(12)24)35-16(5)31/h9-10,13,17-22,28H,1,7-8,11H2,2-6H3/b10-9-/t13-,17-,18-,19+,20+,21-,22-,24+,25+,26+/m0/s1. The van der Waals surface area contributed by atoms with Crippen molar-refractivity contribution in [1.82, 2.24) is 0 Å². The van der Waals surface area contributed by atoms with E-state index in [4.69, 9.17) is 35.3 Å². The second kappa shape index (κ2) is 9.39. The third-order valence-electron chi connectivity index (χ3n) is 8.40. The molecule has 3 heterocycles. The Bertz CT molecular complexity index is 1060. The quantitative estimate of drug-likeness (QED) is 0.244. The van der Waals surface area contributed by atoms with Crippen LogP contribution >= 0.6 is 11.6 Å². The molecule has 0 aromatic heterocycles. The lowest BCUT2D eigenvalue weighted by Gasteiger charge is -2.54. The lowest BCUT2D eigenvalue weighted by molar-refractivity contribution is -0.226. The molecule has 1 saturated carbocycles. The number of fused-ring (bicyclic) bond motifs is 2. The van der Waals surface area contributed by atoms with Gasteiger partial charge in [0.2, 0.25) is 0 Å². The number of halogens is 1. The topological polar surface area (TPSA) is 135 Å². The Hall–Kier alpha value is -2.43. The van der Waals surface area contributed by atoms with Crippen molar-refractivity contribution in [3.8, 4) is 0 Å². The van der Waals surface area contributed by atoms with Gasteiger partial charge < -0.3 is 28.8 Å². The first kappa shape index (κ1) is 27.6. The van der Waals surface area contributed by atoms with Crippen molar-refractivity contribution in [3.63, 3.8) is 0 Å². The average Bonchev–Trinajstić information content (AvgIpc) is 3.21. The van der Waals surface area contributed by atoms with Gasteiger partial charge in [0, 0.05) is 26.7 Å². The molecule has 0 amide bonds. The van der Waals surface area contributed by atoms with Gasteiger partial charge in [-0.15, -0.1) is 11.6 Å². The number of rotatable bonds is 4. The van der Waals surface area contributed by atoms with E-state index in [2.05, 4.69) is 6.58 Å². The highest BCUT2D eigenvalue weighted by atomic mass is 35.5. The maximum Gasteiger partial charge on any atom is 0.312 e. The van der Waals surface area contributed by atoms with Crippen LogP contribution in [0, 0.1) is 17.3 Å². The lowest BCUT2D eigenvalue weighted by Crippen LogP contribution is -2.65. The van der Waals surface area contributed by atoms with Gasteiger partial charge >= 0.3 is 23.9 Å². The summed E-state index contributed by atoms with van der Waals surface area (Å²) in [7, 11) is 0. The molecule has 0 aromatic carbocycles. The lowest BCUT2D eigenvalue weighted by atomic mass is 9.55. The van der Waals surface area contributed by atoms with Gasteiger partial charge in [-0.1, -0.05) is 19.1 Å². The van der Waals surface area contributed by atoms with Crippen LogP contribution in [0.25, 0.3) is 0 Å². The largest absolute Gasteiger partial charge is 0.462 e. The summed E-state index contributed by atoms with van der Waals surface area (Å²) in [6.45, 7) is 10.8. The van der Waals surface area contributed by atoms with Crippen LogP contribution in [0.2, 0.25) is 0 Å². The van der Waals surface area contributed by atoms with Crippen molar-refractivity contribution in [1.29, 1.82) is 0 Å². The van der Waals surface area contributed by atoms with Crippen molar-refractivity contribution in [2.24, 2.45) is 17.3 Å². The number of aliphatic hydroxyl groups excluding tert-OH is 1. The molecule has 10 nitrogen and oxygen atoms in total. The Labute approximate surface area is 220 Å². The van der Waals surface area contributed by atoms with Crippen LogP contribution < -0.4 is 0 Å². The fourth-order valence-corrected chi connectivity index (χ4v) is 7.14. The summed E-state index contributed by atoms with van der Waals surface area (Å²) in [5.74, 6) is -4.20. The molecule has 2 saturated heterocycles. The highest BCUT2D eigenvalue weighted by molar-refractivity contribution is 6.22. The summed E-state index contributed by atoms with van der Waals surface area (Å²) in [6, 6.07) is 0. The zero-order valence-electron chi connectivity index (χ0n) is 21.5. The Morgan fingerprint density at radius 3 is 2.35 bits per heavy atom. The van der Waals surface area contributed by atoms with Crippen LogP contribution in [0.5, 0.6) is 0 Å². The summed E-state index contributed by atoms with van der Waals surface area (Å²) in [5.41, 5.74) is -3.79. The van der Waals surface area contributed by atoms with Crippen LogP contribution in [0.1, 0.15) is 47.5 Å². The Kier molecular flexibility index (Phi) is 7.01. The molecule has 10 atom stereocenters. The SMILES string of the molecule is C=C1CC[C@H](OC(C)=O)[C@]2(C)[C@@H](OC(C)=O)/C=C\[C@]3(CO)O[C@]4([C@@H](C)C(=O)O[C@H]4[C@H]3Cl)[C@@H](OC(C)=O)[C@@H]12. The Morgan fingerprint density at radius 1 is 1.16 bits per heavy atom. The molecule has 4 rings (SSSR count). The first-order valence-corrected chi connectivity index (χ1v) is 12.7. The van der Waals surface area contributed by atoms with Crippen molar-refractivity contribution in [2.45, 2.75) is 88.5 Å². The van der Waals surface area contributed by atoms with Crippen molar-refractivity contribution < 1.29 is 48.0 Å². The first-order valence-electron chi connectivity index (χ1n) is 12.3. The minimum Gasteiger partial charge on any atom is -0.462 e. The number of carbonyl (C=O) groups excluding carboxylic acids is 4. The second-order valence-electron chi connectivity index (χ2n) is 10.6. The third-order valence-corrected chi connectivity index (χ3v) is 9.00. The molecule has 37 heavy (non-hydrogen) atoms. The van der Waals surface area contributed by atoms with E-state index in [1.165, 1.54) is 26.8 Å². The molecule has 3 fully saturated rings. The Balaban J connectivity index is 2.06. The van der Waals surface area contributed by atoms with E-state index in [0.717, 1.165) is 0 Å². The number of alkyl halides is 1. The fraction of sp³-hybridized carbons (Fsp3) is 0.692. The zero-order chi connectivity index (χ0) is 27.5. The average molecular weight is 541 g/mol. The van der Waals surface area contributed by atoms with E-state index in [-0.39, 0.29) is 0 Å². The van der Waals surface area contributed by atoms with E-state index in [1.54, 1.807) is 19.9 Å². The first-order chi connectivity index (χ1) is 17.2. The molecule has 1 N–H and O–H groups in total. The number of hydrogen-bond donors (Lipinski definition) is 1. The number of carbonyl (C=O) groups is 4. The number of esters is 4. The number of aliphatic hydroxyl groups is 1. The summed E-state index contributed by atoms with van der Waals surface area (Å²) in [6.07, 6.45) is -0.320. The summed E-state index contributed by atoms with van der Waals surface area (Å²) in [5, 5.41) is 9.46. The maximum atomic E-state index is 12.9. The van der Waals surface area contributed by atoms with Crippen molar-refractivity contribution >= 4 is 35.5 Å². The monoisotopic (exact) mass is 540 g/mol. The van der Waals surface area contributed by atoms with Crippen LogP contribution in [0.4, 0.5) is 0 Å². The maximum absolute atomic E-state index is 12.9. The minimum atomic E-state index is -1.62. The molecule has 2 bridgehead atoms. The van der Waals surface area contributed by atoms with E-state index in [1.807, 2.05) is 0 Å². The molecule has 1 aliphatic carbocycles. The highest BCUT2D eigenvalue weighted by Crippen LogP contribution is 2.61. The molecular weight excluding hydrogens is 508 g/mol. The Morgan fingerprint density at radius 2 is 1.78 bits per heavy atom. The minimum absolute atomic E-state index is 0.370. The predicted molar refractivity (Wildman–Crippen MR) is 128 cm³/mol. The van der Waals surface area contributed by atoms with Gasteiger partial charge in [-0.3, -0.25) is 19.2 Å². The van der Waals surface area contributed by atoms with Crippen LogP contribution in [-0.4, -0.2) is 76.6 Å². The molecule has 1 spiro atoms. The molecule has 11 heteroatoms. The third kappa shape index (κ3) is 3.99. The van der Waals surface area contributed by atoms with E-state index in [0.29, 0.717) is 18.4 Å². The van der Waals surface area contributed by atoms with Gasteiger partial charge in [-0.05, 0) is 31.9 Å². The van der Waals surface area contributed by atoms with Crippen LogP contribution in [0.15, 0.2) is 24.3 Å². The molecule has 0 radical (unpaired) electrons. The van der Waals surface area contributed by atoms with Gasteiger partial charge in [-0.25, -0.2) is 0 Å². The fourth-order valence-electron chi connectivity index (χ4n) is 6.70. The number of ether oxygens (including phenoxy) is 5. The smallest absolute Gasteiger partial charge is 0.312 e. The van der Waals surface area contributed by atoms with Gasteiger partial charge in [0.05, 0.1) is 17.9 Å². The van der Waals surface area contributed by atoms with Crippen molar-refractivity contribution in [3.05, 3.63) is 24.3 Å². The van der Waals surface area contributed by atoms with Crippen LogP contribution in [0.3, 0.4) is 0 Å². The molecule has 204 valence electrons. The van der Waals surface area contributed by atoms with E-state index >= 15 is 0 Å². The van der Waals surface area contributed by atoms with Gasteiger partial charge in [0.15, 0.2) is 11.7 Å². The summed E-state index contributed by atoms with van der Waals surface area (Å²) >= 11 is 6.84. The summed E-state index contributed by atoms with van der Waals surface area (Å²) in [4.78, 5) is 50.0. The summed E-state index contributed by atoms with van der Waals surface area (Å²) < 4.78 is 29.8. The normalized spacial score (nSPS) is 45.3.